The molecule has 158 valence electrons. The lowest BCUT2D eigenvalue weighted by molar-refractivity contribution is -0.142. The monoisotopic (exact) mass is 407 g/mol. The zero-order valence-corrected chi connectivity index (χ0v) is 17.4. The van der Waals surface area contributed by atoms with E-state index in [1.165, 1.54) is 48.8 Å². The van der Waals surface area contributed by atoms with E-state index in [1.54, 1.807) is 0 Å². The highest BCUT2D eigenvalue weighted by Crippen LogP contribution is 2.44. The van der Waals surface area contributed by atoms with Crippen LogP contribution in [0.3, 0.4) is 0 Å². The molecule has 2 aliphatic carbocycles. The van der Waals surface area contributed by atoms with Crippen molar-refractivity contribution in [2.45, 2.75) is 50.5 Å². The van der Waals surface area contributed by atoms with Crippen LogP contribution in [-0.4, -0.2) is 41.8 Å². The number of carboxylic acid groups (broad SMARTS) is 1. The van der Waals surface area contributed by atoms with Crippen LogP contribution in [0.1, 0.15) is 55.6 Å². The number of likely N-dealkylation sites (N-methyl/N-ethyl adjacent to an activating group) is 1. The zero-order valence-electron chi connectivity index (χ0n) is 17.4. The molecule has 1 fully saturated rings. The SMILES string of the molecule is CN(C(=O)OCC1c2ccccc2-c2ccccc21)[C@@H](CCC1CCCC1)C(=O)O. The molecule has 0 radical (unpaired) electrons. The predicted octanol–water partition coefficient (Wildman–Crippen LogP) is 5.29. The molecule has 30 heavy (non-hydrogen) atoms. The van der Waals surface area contributed by atoms with Gasteiger partial charge in [-0.2, -0.15) is 0 Å². The lowest BCUT2D eigenvalue weighted by Crippen LogP contribution is -2.43. The summed E-state index contributed by atoms with van der Waals surface area (Å²) in [5, 5.41) is 9.66. The minimum Gasteiger partial charge on any atom is -0.480 e. The summed E-state index contributed by atoms with van der Waals surface area (Å²) in [5.41, 5.74) is 4.63. The van der Waals surface area contributed by atoms with Crippen molar-refractivity contribution in [3.8, 4) is 11.1 Å². The van der Waals surface area contributed by atoms with Gasteiger partial charge in [-0.15, -0.1) is 0 Å². The number of carbonyl (C=O) groups excluding carboxylic acids is 1. The van der Waals surface area contributed by atoms with Gasteiger partial charge in [-0.25, -0.2) is 9.59 Å². The van der Waals surface area contributed by atoms with Crippen molar-refractivity contribution in [1.29, 1.82) is 0 Å². The van der Waals surface area contributed by atoms with Gasteiger partial charge in [0, 0.05) is 13.0 Å². The molecule has 5 nitrogen and oxygen atoms in total. The van der Waals surface area contributed by atoms with Gasteiger partial charge in [0.2, 0.25) is 0 Å². The third-order valence-corrected chi connectivity index (χ3v) is 6.70. The van der Waals surface area contributed by atoms with Gasteiger partial charge in [-0.3, -0.25) is 4.90 Å². The largest absolute Gasteiger partial charge is 0.480 e. The molecule has 2 aromatic rings. The van der Waals surface area contributed by atoms with E-state index in [0.29, 0.717) is 12.3 Å². The van der Waals surface area contributed by atoms with E-state index in [-0.39, 0.29) is 12.5 Å². The summed E-state index contributed by atoms with van der Waals surface area (Å²) in [6.45, 7) is 0.201. The molecule has 0 saturated heterocycles. The smallest absolute Gasteiger partial charge is 0.410 e. The van der Waals surface area contributed by atoms with Crippen LogP contribution in [0.2, 0.25) is 0 Å². The summed E-state index contributed by atoms with van der Waals surface area (Å²) in [6.07, 6.45) is 5.53. The van der Waals surface area contributed by atoms with Gasteiger partial charge < -0.3 is 9.84 Å². The number of rotatable bonds is 7. The molecule has 1 atom stereocenters. The van der Waals surface area contributed by atoms with Crippen molar-refractivity contribution in [2.24, 2.45) is 5.92 Å². The number of hydrogen-bond acceptors (Lipinski definition) is 3. The van der Waals surface area contributed by atoms with Crippen molar-refractivity contribution in [1.82, 2.24) is 4.90 Å². The van der Waals surface area contributed by atoms with E-state index < -0.39 is 18.1 Å². The summed E-state index contributed by atoms with van der Waals surface area (Å²) < 4.78 is 5.63. The lowest BCUT2D eigenvalue weighted by atomic mass is 9.98. The number of aliphatic carboxylic acids is 1. The number of carboxylic acids is 1. The first kappa shape index (κ1) is 20.5. The van der Waals surface area contributed by atoms with Crippen LogP contribution >= 0.6 is 0 Å². The van der Waals surface area contributed by atoms with Crippen LogP contribution in [0.15, 0.2) is 48.5 Å². The number of nitrogens with zero attached hydrogens (tertiary/aromatic N) is 1. The molecule has 0 spiro atoms. The summed E-state index contributed by atoms with van der Waals surface area (Å²) >= 11 is 0. The summed E-state index contributed by atoms with van der Waals surface area (Å²) in [5.74, 6) is -0.414. The fourth-order valence-corrected chi connectivity index (χ4v) is 5.00. The Hall–Kier alpha value is -2.82. The van der Waals surface area contributed by atoms with E-state index in [1.807, 2.05) is 24.3 Å². The van der Waals surface area contributed by atoms with Gasteiger partial charge >= 0.3 is 12.1 Å². The molecule has 0 unspecified atom stereocenters. The molecular formula is C25H29NO4. The number of carbonyl (C=O) groups is 2. The van der Waals surface area contributed by atoms with Crippen molar-refractivity contribution in [3.05, 3.63) is 59.7 Å². The molecule has 0 aromatic heterocycles. The standard InChI is InChI=1S/C25H29NO4/c1-26(23(24(27)28)15-14-17-8-2-3-9-17)25(29)30-16-22-20-12-6-4-10-18(20)19-11-5-7-13-21(19)22/h4-7,10-13,17,22-23H,2-3,8-9,14-16H2,1H3,(H,27,28)/t23-/m0/s1. The highest BCUT2D eigenvalue weighted by Gasteiger charge is 2.32. The molecule has 2 aliphatic rings. The molecule has 4 rings (SSSR count). The van der Waals surface area contributed by atoms with Crippen LogP contribution in [0, 0.1) is 5.92 Å². The van der Waals surface area contributed by atoms with Crippen LogP contribution in [0.5, 0.6) is 0 Å². The Morgan fingerprint density at radius 1 is 1.03 bits per heavy atom. The van der Waals surface area contributed by atoms with Crippen molar-refractivity contribution < 1.29 is 19.4 Å². The van der Waals surface area contributed by atoms with E-state index in [9.17, 15) is 14.7 Å². The Bertz CT molecular complexity index is 873. The lowest BCUT2D eigenvalue weighted by Gasteiger charge is -2.26. The second-order valence-corrected chi connectivity index (χ2v) is 8.50. The minimum atomic E-state index is -0.969. The molecule has 2 aromatic carbocycles. The van der Waals surface area contributed by atoms with E-state index in [0.717, 1.165) is 17.5 Å². The van der Waals surface area contributed by atoms with Crippen molar-refractivity contribution in [3.63, 3.8) is 0 Å². The van der Waals surface area contributed by atoms with E-state index in [4.69, 9.17) is 4.74 Å². The fraction of sp³-hybridized carbons (Fsp3) is 0.440. The maximum Gasteiger partial charge on any atom is 0.410 e. The Morgan fingerprint density at radius 3 is 2.17 bits per heavy atom. The maximum atomic E-state index is 12.7. The Morgan fingerprint density at radius 2 is 1.60 bits per heavy atom. The zero-order chi connectivity index (χ0) is 21.1. The van der Waals surface area contributed by atoms with Crippen LogP contribution < -0.4 is 0 Å². The number of hydrogen-bond donors (Lipinski definition) is 1. The number of amides is 1. The quantitative estimate of drug-likeness (QED) is 0.677. The van der Waals surface area contributed by atoms with Crippen molar-refractivity contribution >= 4 is 12.1 Å². The summed E-state index contributed by atoms with van der Waals surface area (Å²) in [4.78, 5) is 25.7. The molecular weight excluding hydrogens is 378 g/mol. The van der Waals surface area contributed by atoms with Gasteiger partial charge in [-0.05, 0) is 41.0 Å². The van der Waals surface area contributed by atoms with Crippen LogP contribution in [-0.2, 0) is 9.53 Å². The predicted molar refractivity (Wildman–Crippen MR) is 115 cm³/mol. The molecule has 5 heteroatoms. The number of ether oxygens (including phenoxy) is 1. The summed E-state index contributed by atoms with van der Waals surface area (Å²) in [6, 6.07) is 15.5. The molecule has 1 N–H and O–H groups in total. The minimum absolute atomic E-state index is 0.0310. The maximum absolute atomic E-state index is 12.7. The summed E-state index contributed by atoms with van der Waals surface area (Å²) in [7, 11) is 1.53. The molecule has 0 aliphatic heterocycles. The fourth-order valence-electron chi connectivity index (χ4n) is 5.00. The first-order chi connectivity index (χ1) is 14.6. The molecule has 1 saturated carbocycles. The third-order valence-electron chi connectivity index (χ3n) is 6.70. The highest BCUT2D eigenvalue weighted by molar-refractivity contribution is 5.81. The first-order valence-electron chi connectivity index (χ1n) is 10.9. The number of fused-ring (bicyclic) bond motifs is 3. The Balaban J connectivity index is 1.41. The van der Waals surface area contributed by atoms with Gasteiger partial charge in [0.25, 0.3) is 0 Å². The second kappa shape index (κ2) is 8.90. The van der Waals surface area contributed by atoms with E-state index in [2.05, 4.69) is 24.3 Å². The first-order valence-corrected chi connectivity index (χ1v) is 10.9. The Labute approximate surface area is 177 Å². The normalized spacial score (nSPS) is 16.7. The van der Waals surface area contributed by atoms with Gasteiger partial charge in [-0.1, -0.05) is 74.2 Å². The van der Waals surface area contributed by atoms with E-state index >= 15 is 0 Å². The van der Waals surface area contributed by atoms with Crippen LogP contribution in [0.4, 0.5) is 4.79 Å². The average molecular weight is 408 g/mol. The van der Waals surface area contributed by atoms with Crippen molar-refractivity contribution in [2.75, 3.05) is 13.7 Å². The van der Waals surface area contributed by atoms with Crippen LogP contribution in [0.25, 0.3) is 11.1 Å². The molecule has 0 bridgehead atoms. The van der Waals surface area contributed by atoms with Gasteiger partial charge in [0.05, 0.1) is 0 Å². The average Bonchev–Trinajstić information content (AvgIpc) is 3.38. The topological polar surface area (TPSA) is 66.8 Å². The third kappa shape index (κ3) is 4.07. The Kier molecular flexibility index (Phi) is 6.07. The highest BCUT2D eigenvalue weighted by atomic mass is 16.6. The number of benzene rings is 2. The van der Waals surface area contributed by atoms with Gasteiger partial charge in [0.1, 0.15) is 12.6 Å². The molecule has 0 heterocycles. The van der Waals surface area contributed by atoms with Gasteiger partial charge in [0.15, 0.2) is 0 Å². The second-order valence-electron chi connectivity index (χ2n) is 8.50. The molecule has 1 amide bonds.